The van der Waals surface area contributed by atoms with Gasteiger partial charge in [0.1, 0.15) is 16.9 Å². The second-order valence-electron chi connectivity index (χ2n) is 10.9. The van der Waals surface area contributed by atoms with Gasteiger partial charge in [0.25, 0.3) is 0 Å². The molecule has 0 atom stereocenters. The SMILES string of the molecule is CC(C)(C)OC(=O)CCc1ccc(-c2cn3ccccc3n2)cc1.NCc1ccc(-c2cn3ccccc3n2)cc1. The summed E-state index contributed by atoms with van der Waals surface area (Å²) >= 11 is 0. The van der Waals surface area contributed by atoms with E-state index in [2.05, 4.69) is 22.1 Å². The molecule has 6 rings (SSSR count). The normalized spacial score (nSPS) is 11.3. The molecule has 6 aromatic rings. The maximum Gasteiger partial charge on any atom is 0.306 e. The molecule has 0 amide bonds. The van der Waals surface area contributed by atoms with Gasteiger partial charge in [-0.2, -0.15) is 0 Å². The molecule has 208 valence electrons. The first-order valence-corrected chi connectivity index (χ1v) is 13.8. The number of rotatable bonds is 6. The topological polar surface area (TPSA) is 86.9 Å². The highest BCUT2D eigenvalue weighted by atomic mass is 16.6. The Labute approximate surface area is 240 Å². The van der Waals surface area contributed by atoms with E-state index >= 15 is 0 Å². The predicted octanol–water partition coefficient (Wildman–Crippen LogP) is 6.74. The summed E-state index contributed by atoms with van der Waals surface area (Å²) in [6, 6.07) is 28.3. The van der Waals surface area contributed by atoms with Crippen molar-refractivity contribution in [3.63, 3.8) is 0 Å². The summed E-state index contributed by atoms with van der Waals surface area (Å²) in [6.07, 6.45) is 9.12. The molecular formula is C34H35N5O2. The van der Waals surface area contributed by atoms with Gasteiger partial charge in [-0.3, -0.25) is 4.79 Å². The van der Waals surface area contributed by atoms with Gasteiger partial charge in [-0.15, -0.1) is 0 Å². The first kappa shape index (κ1) is 27.8. The van der Waals surface area contributed by atoms with Crippen LogP contribution in [0.25, 0.3) is 33.8 Å². The molecule has 0 aliphatic heterocycles. The summed E-state index contributed by atoms with van der Waals surface area (Å²) in [6.45, 7) is 6.23. The number of nitrogens with two attached hydrogens (primary N) is 1. The second-order valence-corrected chi connectivity index (χ2v) is 10.9. The third-order valence-electron chi connectivity index (χ3n) is 6.50. The summed E-state index contributed by atoms with van der Waals surface area (Å²) < 4.78 is 9.36. The van der Waals surface area contributed by atoms with Gasteiger partial charge in [0.15, 0.2) is 0 Å². The fraction of sp³-hybridized carbons (Fsp3) is 0.206. The molecule has 7 nitrogen and oxygen atoms in total. The van der Waals surface area contributed by atoms with Crippen LogP contribution in [0, 0.1) is 0 Å². The van der Waals surface area contributed by atoms with Crippen LogP contribution in [0.2, 0.25) is 0 Å². The predicted molar refractivity (Wildman–Crippen MR) is 163 cm³/mol. The zero-order valence-corrected chi connectivity index (χ0v) is 23.7. The van der Waals surface area contributed by atoms with Crippen molar-refractivity contribution >= 4 is 17.3 Å². The van der Waals surface area contributed by atoms with Gasteiger partial charge in [-0.05, 0) is 62.6 Å². The minimum atomic E-state index is -0.427. The first-order valence-electron chi connectivity index (χ1n) is 13.8. The lowest BCUT2D eigenvalue weighted by Gasteiger charge is -2.19. The van der Waals surface area contributed by atoms with E-state index < -0.39 is 5.60 Å². The number of benzene rings is 2. The van der Waals surface area contributed by atoms with E-state index in [0.717, 1.165) is 44.9 Å². The van der Waals surface area contributed by atoms with E-state index in [1.807, 2.05) is 127 Å². The number of aromatic nitrogens is 4. The van der Waals surface area contributed by atoms with Gasteiger partial charge < -0.3 is 19.3 Å². The monoisotopic (exact) mass is 545 g/mol. The van der Waals surface area contributed by atoms with Crippen molar-refractivity contribution in [3.05, 3.63) is 121 Å². The van der Waals surface area contributed by atoms with Gasteiger partial charge in [0.05, 0.1) is 11.4 Å². The number of aryl methyl sites for hydroxylation is 1. The number of pyridine rings is 2. The van der Waals surface area contributed by atoms with Crippen molar-refractivity contribution < 1.29 is 9.53 Å². The average molecular weight is 546 g/mol. The Morgan fingerprint density at radius 3 is 1.66 bits per heavy atom. The number of ether oxygens (including phenoxy) is 1. The minimum absolute atomic E-state index is 0.160. The van der Waals surface area contributed by atoms with Gasteiger partial charge in [-0.25, -0.2) is 9.97 Å². The molecule has 2 aromatic carbocycles. The molecular weight excluding hydrogens is 510 g/mol. The highest BCUT2D eigenvalue weighted by Crippen LogP contribution is 2.21. The third-order valence-corrected chi connectivity index (χ3v) is 6.50. The summed E-state index contributed by atoms with van der Waals surface area (Å²) in [5.74, 6) is -0.160. The molecule has 0 aliphatic carbocycles. The highest BCUT2D eigenvalue weighted by Gasteiger charge is 2.16. The summed E-state index contributed by atoms with van der Waals surface area (Å²) in [5.41, 5.74) is 13.4. The van der Waals surface area contributed by atoms with E-state index in [1.165, 1.54) is 0 Å². The minimum Gasteiger partial charge on any atom is -0.460 e. The Balaban J connectivity index is 0.000000174. The lowest BCUT2D eigenvalue weighted by Crippen LogP contribution is -2.23. The van der Waals surface area contributed by atoms with Gasteiger partial charge in [-0.1, -0.05) is 60.7 Å². The lowest BCUT2D eigenvalue weighted by atomic mass is 10.1. The van der Waals surface area contributed by atoms with Crippen LogP contribution in [-0.2, 0) is 22.5 Å². The largest absolute Gasteiger partial charge is 0.460 e. The molecule has 0 saturated heterocycles. The van der Waals surface area contributed by atoms with E-state index in [-0.39, 0.29) is 5.97 Å². The van der Waals surface area contributed by atoms with E-state index in [9.17, 15) is 4.79 Å². The Bertz CT molecular complexity index is 1680. The third kappa shape index (κ3) is 7.26. The Morgan fingerprint density at radius 1 is 0.732 bits per heavy atom. The van der Waals surface area contributed by atoms with Crippen LogP contribution in [0.15, 0.2) is 110 Å². The fourth-order valence-corrected chi connectivity index (χ4v) is 4.44. The quantitative estimate of drug-likeness (QED) is 0.234. The van der Waals surface area contributed by atoms with Crippen molar-refractivity contribution in [2.24, 2.45) is 5.73 Å². The number of hydrogen-bond acceptors (Lipinski definition) is 5. The summed E-state index contributed by atoms with van der Waals surface area (Å²) in [4.78, 5) is 21.0. The smallest absolute Gasteiger partial charge is 0.306 e. The molecule has 7 heteroatoms. The number of nitrogens with zero attached hydrogens (tertiary/aromatic N) is 4. The maximum atomic E-state index is 11.8. The van der Waals surface area contributed by atoms with Crippen molar-refractivity contribution in [1.82, 2.24) is 18.8 Å². The molecule has 0 spiro atoms. The molecule has 0 fully saturated rings. The zero-order chi connectivity index (χ0) is 28.8. The van der Waals surface area contributed by atoms with Crippen LogP contribution >= 0.6 is 0 Å². The van der Waals surface area contributed by atoms with Crippen LogP contribution in [-0.4, -0.2) is 30.3 Å². The van der Waals surface area contributed by atoms with Gasteiger partial charge in [0, 0.05) is 48.9 Å². The Morgan fingerprint density at radius 2 is 1.22 bits per heavy atom. The standard InChI is InChI=1S/C20H22N2O2.C14H13N3/c1-20(2,3)24-19(23)12-9-15-7-10-16(11-8-15)17-14-22-13-5-4-6-18(22)21-17;15-9-11-4-6-12(7-5-11)13-10-17-8-2-1-3-14(17)16-13/h4-8,10-11,13-14H,9,12H2,1-3H3;1-8,10H,9,15H2. The number of fused-ring (bicyclic) bond motifs is 2. The van der Waals surface area contributed by atoms with Crippen molar-refractivity contribution in [1.29, 1.82) is 0 Å². The molecule has 0 saturated carbocycles. The summed E-state index contributed by atoms with van der Waals surface area (Å²) in [7, 11) is 0. The zero-order valence-electron chi connectivity index (χ0n) is 23.7. The fourth-order valence-electron chi connectivity index (χ4n) is 4.44. The number of esters is 1. The average Bonchev–Trinajstić information content (AvgIpc) is 3.61. The molecule has 0 aliphatic rings. The summed E-state index contributed by atoms with van der Waals surface area (Å²) in [5, 5.41) is 0. The van der Waals surface area contributed by atoms with Gasteiger partial charge >= 0.3 is 5.97 Å². The Kier molecular flexibility index (Phi) is 8.26. The van der Waals surface area contributed by atoms with Crippen LogP contribution in [0.4, 0.5) is 0 Å². The van der Waals surface area contributed by atoms with Crippen LogP contribution in [0.1, 0.15) is 38.3 Å². The number of hydrogen-bond donors (Lipinski definition) is 1. The van der Waals surface area contributed by atoms with Crippen molar-refractivity contribution in [2.75, 3.05) is 0 Å². The van der Waals surface area contributed by atoms with E-state index in [4.69, 9.17) is 10.5 Å². The maximum absolute atomic E-state index is 11.8. The molecule has 2 N–H and O–H groups in total. The van der Waals surface area contributed by atoms with Crippen molar-refractivity contribution in [3.8, 4) is 22.5 Å². The molecule has 0 radical (unpaired) electrons. The first-order chi connectivity index (χ1) is 19.8. The van der Waals surface area contributed by atoms with Crippen LogP contribution in [0.3, 0.4) is 0 Å². The van der Waals surface area contributed by atoms with Crippen LogP contribution in [0.5, 0.6) is 0 Å². The Hall–Kier alpha value is -4.75. The number of imidazole rings is 2. The van der Waals surface area contributed by atoms with Gasteiger partial charge in [0.2, 0.25) is 0 Å². The molecule has 41 heavy (non-hydrogen) atoms. The molecule has 4 aromatic heterocycles. The van der Waals surface area contributed by atoms with Crippen LogP contribution < -0.4 is 5.73 Å². The molecule has 4 heterocycles. The lowest BCUT2D eigenvalue weighted by molar-refractivity contribution is -0.154. The number of carbonyl (C=O) groups is 1. The second kappa shape index (κ2) is 12.2. The molecule has 0 bridgehead atoms. The highest BCUT2D eigenvalue weighted by molar-refractivity contribution is 5.70. The van der Waals surface area contributed by atoms with Crippen molar-refractivity contribution in [2.45, 2.75) is 45.8 Å². The molecule has 0 unspecified atom stereocenters. The number of carbonyl (C=O) groups excluding carboxylic acids is 1. The van der Waals surface area contributed by atoms with E-state index in [1.54, 1.807) is 0 Å². The van der Waals surface area contributed by atoms with E-state index in [0.29, 0.717) is 19.4 Å².